The third-order valence-electron chi connectivity index (χ3n) is 2.55. The highest BCUT2D eigenvalue weighted by Gasteiger charge is 2.35. The van der Waals surface area contributed by atoms with Crippen LogP contribution in [0.1, 0.15) is 17.5 Å². The number of benzene rings is 1. The van der Waals surface area contributed by atoms with Gasteiger partial charge in [-0.25, -0.2) is 0 Å². The third-order valence-corrected chi connectivity index (χ3v) is 3.72. The molecular weight excluding hydrogens is 194 g/mol. The second kappa shape index (κ2) is 3.64. The Morgan fingerprint density at radius 2 is 2.21 bits per heavy atom. The van der Waals surface area contributed by atoms with Crippen LogP contribution in [0.15, 0.2) is 24.3 Å². The normalized spacial score (nSPS) is 26.0. The van der Waals surface area contributed by atoms with Gasteiger partial charge in [0, 0.05) is 11.3 Å². The van der Waals surface area contributed by atoms with Crippen LogP contribution in [0.4, 0.5) is 0 Å². The molecule has 1 aliphatic rings. The van der Waals surface area contributed by atoms with Crippen molar-refractivity contribution < 1.29 is 5.11 Å². The van der Waals surface area contributed by atoms with E-state index in [1.807, 2.05) is 18.2 Å². The summed E-state index contributed by atoms with van der Waals surface area (Å²) in [5.41, 5.74) is 0.599. The minimum atomic E-state index is -0.781. The molecule has 1 aromatic rings. The molecular formula is C11H11NOS. The highest BCUT2D eigenvalue weighted by atomic mass is 32.2. The maximum Gasteiger partial charge on any atom is 0.101 e. The van der Waals surface area contributed by atoms with Crippen LogP contribution in [0, 0.1) is 11.3 Å². The molecule has 1 aliphatic heterocycles. The molecule has 0 aromatic heterocycles. The standard InChI is InChI=1S/C11H11NOS/c12-7-9-3-1-2-4-10(9)11(13)5-6-14-8-11/h1-4,13H,5-6,8H2/t11-/m1/s1. The van der Waals surface area contributed by atoms with Crippen LogP contribution in [0.25, 0.3) is 0 Å². The largest absolute Gasteiger partial charge is 0.384 e. The summed E-state index contributed by atoms with van der Waals surface area (Å²) >= 11 is 1.74. The van der Waals surface area contributed by atoms with Crippen molar-refractivity contribution in [2.75, 3.05) is 11.5 Å². The van der Waals surface area contributed by atoms with Crippen LogP contribution < -0.4 is 0 Å². The number of hydrogen-bond acceptors (Lipinski definition) is 3. The molecule has 72 valence electrons. The molecule has 0 amide bonds. The first-order valence-corrected chi connectivity index (χ1v) is 5.71. The second-order valence-corrected chi connectivity index (χ2v) is 4.60. The zero-order valence-corrected chi connectivity index (χ0v) is 8.55. The monoisotopic (exact) mass is 205 g/mol. The zero-order valence-electron chi connectivity index (χ0n) is 7.73. The first-order chi connectivity index (χ1) is 6.76. The van der Waals surface area contributed by atoms with E-state index in [1.165, 1.54) is 0 Å². The Morgan fingerprint density at radius 1 is 1.43 bits per heavy atom. The van der Waals surface area contributed by atoms with E-state index in [0.29, 0.717) is 11.3 Å². The van der Waals surface area contributed by atoms with Crippen LogP contribution in [-0.2, 0) is 5.60 Å². The number of thioether (sulfide) groups is 1. The Morgan fingerprint density at radius 3 is 2.86 bits per heavy atom. The molecule has 0 unspecified atom stereocenters. The Hall–Kier alpha value is -0.980. The number of nitriles is 1. The van der Waals surface area contributed by atoms with Crippen molar-refractivity contribution >= 4 is 11.8 Å². The van der Waals surface area contributed by atoms with E-state index < -0.39 is 5.60 Å². The molecule has 1 fully saturated rings. The fourth-order valence-electron chi connectivity index (χ4n) is 1.75. The molecule has 0 saturated carbocycles. The van der Waals surface area contributed by atoms with Gasteiger partial charge in [0.2, 0.25) is 0 Å². The van der Waals surface area contributed by atoms with E-state index in [-0.39, 0.29) is 0 Å². The SMILES string of the molecule is N#Cc1ccccc1[C@@]1(O)CCSC1. The smallest absolute Gasteiger partial charge is 0.101 e. The minimum absolute atomic E-state index is 0.595. The number of nitrogens with zero attached hydrogens (tertiary/aromatic N) is 1. The molecule has 1 N–H and O–H groups in total. The molecule has 1 atom stereocenters. The van der Waals surface area contributed by atoms with Gasteiger partial charge < -0.3 is 5.11 Å². The fourth-order valence-corrected chi connectivity index (χ4v) is 3.02. The molecule has 2 nitrogen and oxygen atoms in total. The van der Waals surface area contributed by atoms with Crippen molar-refractivity contribution in [1.82, 2.24) is 0 Å². The molecule has 1 heterocycles. The molecule has 3 heteroatoms. The summed E-state index contributed by atoms with van der Waals surface area (Å²) in [7, 11) is 0. The topological polar surface area (TPSA) is 44.0 Å². The average molecular weight is 205 g/mol. The van der Waals surface area contributed by atoms with Crippen molar-refractivity contribution in [1.29, 1.82) is 5.26 Å². The van der Waals surface area contributed by atoms with Gasteiger partial charge in [0.1, 0.15) is 5.60 Å². The van der Waals surface area contributed by atoms with Crippen LogP contribution in [0.3, 0.4) is 0 Å². The van der Waals surface area contributed by atoms with E-state index in [9.17, 15) is 5.11 Å². The van der Waals surface area contributed by atoms with Gasteiger partial charge in [-0.15, -0.1) is 0 Å². The van der Waals surface area contributed by atoms with Crippen LogP contribution in [0.2, 0.25) is 0 Å². The highest BCUT2D eigenvalue weighted by Crippen LogP contribution is 2.37. The van der Waals surface area contributed by atoms with Gasteiger partial charge in [-0.2, -0.15) is 17.0 Å². The van der Waals surface area contributed by atoms with Crippen molar-refractivity contribution in [2.24, 2.45) is 0 Å². The van der Waals surface area contributed by atoms with Gasteiger partial charge in [-0.3, -0.25) is 0 Å². The Kier molecular flexibility index (Phi) is 2.49. The zero-order chi connectivity index (χ0) is 10.0. The van der Waals surface area contributed by atoms with Crippen LogP contribution in [0.5, 0.6) is 0 Å². The minimum Gasteiger partial charge on any atom is -0.384 e. The van der Waals surface area contributed by atoms with Gasteiger partial charge >= 0.3 is 0 Å². The predicted octanol–water partition coefficient (Wildman–Crippen LogP) is 1.88. The van der Waals surface area contributed by atoms with E-state index in [0.717, 1.165) is 17.7 Å². The lowest BCUT2D eigenvalue weighted by atomic mass is 9.90. The van der Waals surface area contributed by atoms with E-state index in [2.05, 4.69) is 6.07 Å². The Balaban J connectivity index is 2.45. The van der Waals surface area contributed by atoms with Gasteiger partial charge in [0.05, 0.1) is 11.6 Å². The summed E-state index contributed by atoms with van der Waals surface area (Å²) < 4.78 is 0. The lowest BCUT2D eigenvalue weighted by Gasteiger charge is -2.22. The molecule has 0 bridgehead atoms. The predicted molar refractivity (Wildman–Crippen MR) is 57.0 cm³/mol. The van der Waals surface area contributed by atoms with Crippen molar-refractivity contribution in [2.45, 2.75) is 12.0 Å². The Labute approximate surface area is 87.6 Å². The molecule has 1 aromatic carbocycles. The van der Waals surface area contributed by atoms with Gasteiger partial charge in [-0.05, 0) is 18.2 Å². The highest BCUT2D eigenvalue weighted by molar-refractivity contribution is 7.99. The maximum atomic E-state index is 10.3. The van der Waals surface area contributed by atoms with Crippen molar-refractivity contribution in [3.63, 3.8) is 0 Å². The molecule has 1 saturated heterocycles. The fraction of sp³-hybridized carbons (Fsp3) is 0.364. The summed E-state index contributed by atoms with van der Waals surface area (Å²) in [6.45, 7) is 0. The van der Waals surface area contributed by atoms with Crippen molar-refractivity contribution in [3.05, 3.63) is 35.4 Å². The van der Waals surface area contributed by atoms with Crippen LogP contribution in [-0.4, -0.2) is 16.6 Å². The van der Waals surface area contributed by atoms with E-state index in [4.69, 9.17) is 5.26 Å². The first kappa shape index (κ1) is 9.57. The summed E-state index contributed by atoms with van der Waals surface area (Å²) in [5.74, 6) is 1.67. The second-order valence-electron chi connectivity index (χ2n) is 3.49. The average Bonchev–Trinajstić information content (AvgIpc) is 2.66. The maximum absolute atomic E-state index is 10.3. The lowest BCUT2D eigenvalue weighted by molar-refractivity contribution is 0.0655. The Bertz CT molecular complexity index is 377. The third kappa shape index (κ3) is 1.52. The summed E-state index contributed by atoms with van der Waals surface area (Å²) in [6.07, 6.45) is 0.746. The van der Waals surface area contributed by atoms with Crippen LogP contribution >= 0.6 is 11.8 Å². The van der Waals surface area contributed by atoms with E-state index in [1.54, 1.807) is 17.8 Å². The molecule has 14 heavy (non-hydrogen) atoms. The van der Waals surface area contributed by atoms with E-state index >= 15 is 0 Å². The summed E-state index contributed by atoms with van der Waals surface area (Å²) in [6, 6.07) is 9.44. The first-order valence-electron chi connectivity index (χ1n) is 4.56. The van der Waals surface area contributed by atoms with Gasteiger partial charge in [0.25, 0.3) is 0 Å². The molecule has 2 rings (SSSR count). The number of hydrogen-bond donors (Lipinski definition) is 1. The van der Waals surface area contributed by atoms with Crippen molar-refractivity contribution in [3.8, 4) is 6.07 Å². The van der Waals surface area contributed by atoms with Gasteiger partial charge in [-0.1, -0.05) is 18.2 Å². The summed E-state index contributed by atoms with van der Waals surface area (Å²) in [4.78, 5) is 0. The molecule has 0 aliphatic carbocycles. The molecule has 0 spiro atoms. The lowest BCUT2D eigenvalue weighted by Crippen LogP contribution is -2.25. The molecule has 0 radical (unpaired) electrons. The number of aliphatic hydroxyl groups is 1. The summed E-state index contributed by atoms with van der Waals surface area (Å²) in [5, 5.41) is 19.2. The number of rotatable bonds is 1. The quantitative estimate of drug-likeness (QED) is 0.761. The van der Waals surface area contributed by atoms with Gasteiger partial charge in [0.15, 0.2) is 0 Å².